The zero-order valence-electron chi connectivity index (χ0n) is 11.7. The molecule has 1 aromatic rings. The quantitative estimate of drug-likeness (QED) is 0.806. The molecule has 0 heterocycles. The van der Waals surface area contributed by atoms with Gasteiger partial charge in [0.1, 0.15) is 5.82 Å². The van der Waals surface area contributed by atoms with Gasteiger partial charge in [-0.05, 0) is 45.8 Å². The van der Waals surface area contributed by atoms with E-state index in [4.69, 9.17) is 5.73 Å². The van der Waals surface area contributed by atoms with Crippen molar-refractivity contribution in [2.45, 2.75) is 45.2 Å². The smallest absolute Gasteiger partial charge is 0.127 e. The zero-order chi connectivity index (χ0) is 13.5. The van der Waals surface area contributed by atoms with Crippen LogP contribution in [0.5, 0.6) is 0 Å². The molecule has 2 atom stereocenters. The van der Waals surface area contributed by atoms with Crippen LogP contribution in [0.3, 0.4) is 0 Å². The summed E-state index contributed by atoms with van der Waals surface area (Å²) >= 11 is 0. The molecule has 0 radical (unpaired) electrons. The minimum atomic E-state index is -0.123. The number of halogens is 1. The van der Waals surface area contributed by atoms with E-state index in [9.17, 15) is 4.39 Å². The van der Waals surface area contributed by atoms with Gasteiger partial charge < -0.3 is 5.73 Å². The van der Waals surface area contributed by atoms with Gasteiger partial charge in [-0.3, -0.25) is 4.90 Å². The highest BCUT2D eigenvalue weighted by Gasteiger charge is 2.14. The molecule has 0 bridgehead atoms. The molecule has 0 saturated carbocycles. The highest BCUT2D eigenvalue weighted by molar-refractivity contribution is 5.20. The van der Waals surface area contributed by atoms with Gasteiger partial charge in [0.2, 0.25) is 0 Å². The van der Waals surface area contributed by atoms with Crippen LogP contribution in [-0.2, 0) is 0 Å². The fraction of sp³-hybridized carbons (Fsp3) is 0.600. The Morgan fingerprint density at radius 3 is 2.61 bits per heavy atom. The lowest BCUT2D eigenvalue weighted by Crippen LogP contribution is -2.26. The summed E-state index contributed by atoms with van der Waals surface area (Å²) in [6.07, 6.45) is 3.11. The van der Waals surface area contributed by atoms with Gasteiger partial charge >= 0.3 is 0 Å². The van der Waals surface area contributed by atoms with Gasteiger partial charge in [-0.2, -0.15) is 0 Å². The number of benzene rings is 1. The van der Waals surface area contributed by atoms with Gasteiger partial charge in [0.05, 0.1) is 0 Å². The molecular formula is C15H25FN2. The minimum absolute atomic E-state index is 0.101. The molecule has 0 aliphatic heterocycles. The molecule has 2 unspecified atom stereocenters. The van der Waals surface area contributed by atoms with E-state index in [1.54, 1.807) is 6.07 Å². The van der Waals surface area contributed by atoms with E-state index in [1.807, 2.05) is 26.1 Å². The van der Waals surface area contributed by atoms with Crippen molar-refractivity contribution in [2.75, 3.05) is 13.6 Å². The summed E-state index contributed by atoms with van der Waals surface area (Å²) in [5.41, 5.74) is 6.66. The van der Waals surface area contributed by atoms with Gasteiger partial charge in [-0.15, -0.1) is 0 Å². The first kappa shape index (κ1) is 15.1. The Morgan fingerprint density at radius 1 is 1.33 bits per heavy atom. The Balaban J connectivity index is 2.47. The average Bonchev–Trinajstić information content (AvgIpc) is 2.38. The van der Waals surface area contributed by atoms with Crippen LogP contribution in [0, 0.1) is 5.82 Å². The molecular weight excluding hydrogens is 227 g/mol. The van der Waals surface area contributed by atoms with Crippen LogP contribution in [0.1, 0.15) is 44.7 Å². The summed E-state index contributed by atoms with van der Waals surface area (Å²) in [6.45, 7) is 5.09. The first-order chi connectivity index (χ1) is 8.56. The molecule has 3 heteroatoms. The van der Waals surface area contributed by atoms with Gasteiger partial charge in [0.15, 0.2) is 0 Å². The molecule has 0 fully saturated rings. The summed E-state index contributed by atoms with van der Waals surface area (Å²) < 4.78 is 13.7. The van der Waals surface area contributed by atoms with E-state index < -0.39 is 0 Å². The molecule has 0 aliphatic rings. The molecule has 0 aliphatic carbocycles. The molecule has 2 N–H and O–H groups in total. The van der Waals surface area contributed by atoms with Crippen molar-refractivity contribution >= 4 is 0 Å². The number of rotatable bonds is 7. The Kier molecular flexibility index (Phi) is 6.30. The molecule has 0 saturated heterocycles. The van der Waals surface area contributed by atoms with E-state index in [0.717, 1.165) is 31.4 Å². The fourth-order valence-corrected chi connectivity index (χ4v) is 2.05. The minimum Gasteiger partial charge on any atom is -0.328 e. The van der Waals surface area contributed by atoms with Crippen LogP contribution in [0.15, 0.2) is 24.3 Å². The Hall–Kier alpha value is -0.930. The second-order valence-electron chi connectivity index (χ2n) is 4.99. The van der Waals surface area contributed by atoms with E-state index in [0.29, 0.717) is 6.04 Å². The van der Waals surface area contributed by atoms with Crippen LogP contribution < -0.4 is 5.73 Å². The SMILES string of the molecule is CCC(N)CCCN(C)C(C)c1ccccc1F. The highest BCUT2D eigenvalue weighted by Crippen LogP contribution is 2.21. The fourth-order valence-electron chi connectivity index (χ4n) is 2.05. The lowest BCUT2D eigenvalue weighted by molar-refractivity contribution is 0.248. The van der Waals surface area contributed by atoms with Crippen molar-refractivity contribution in [1.29, 1.82) is 0 Å². The highest BCUT2D eigenvalue weighted by atomic mass is 19.1. The van der Waals surface area contributed by atoms with Crippen LogP contribution in [0.25, 0.3) is 0 Å². The van der Waals surface area contributed by atoms with E-state index in [2.05, 4.69) is 11.8 Å². The molecule has 0 spiro atoms. The van der Waals surface area contributed by atoms with Crippen molar-refractivity contribution in [1.82, 2.24) is 4.90 Å². The number of nitrogens with zero attached hydrogens (tertiary/aromatic N) is 1. The summed E-state index contributed by atoms with van der Waals surface area (Å²) in [5, 5.41) is 0. The second kappa shape index (κ2) is 7.49. The van der Waals surface area contributed by atoms with Gasteiger partial charge in [0, 0.05) is 17.6 Å². The third kappa shape index (κ3) is 4.39. The summed E-state index contributed by atoms with van der Waals surface area (Å²) in [4.78, 5) is 2.18. The van der Waals surface area contributed by atoms with Crippen LogP contribution in [0.2, 0.25) is 0 Å². The van der Waals surface area contributed by atoms with Crippen LogP contribution in [-0.4, -0.2) is 24.5 Å². The molecule has 1 rings (SSSR count). The Labute approximate surface area is 110 Å². The standard InChI is InChI=1S/C15H25FN2/c1-4-13(17)8-7-11-18(3)12(2)14-9-5-6-10-15(14)16/h5-6,9-10,12-13H,4,7-8,11,17H2,1-3H3. The van der Waals surface area contributed by atoms with Crippen molar-refractivity contribution in [3.8, 4) is 0 Å². The van der Waals surface area contributed by atoms with Crippen LogP contribution >= 0.6 is 0 Å². The van der Waals surface area contributed by atoms with Crippen molar-refractivity contribution in [3.05, 3.63) is 35.6 Å². The summed E-state index contributed by atoms with van der Waals surface area (Å²) in [7, 11) is 2.04. The lowest BCUT2D eigenvalue weighted by atomic mass is 10.1. The topological polar surface area (TPSA) is 29.3 Å². The summed E-state index contributed by atoms with van der Waals surface area (Å²) in [6, 6.07) is 7.38. The molecule has 2 nitrogen and oxygen atoms in total. The molecule has 1 aromatic carbocycles. The van der Waals surface area contributed by atoms with Gasteiger partial charge in [-0.25, -0.2) is 4.39 Å². The predicted molar refractivity (Wildman–Crippen MR) is 74.9 cm³/mol. The van der Waals surface area contributed by atoms with E-state index >= 15 is 0 Å². The second-order valence-corrected chi connectivity index (χ2v) is 4.99. The van der Waals surface area contributed by atoms with Crippen LogP contribution in [0.4, 0.5) is 4.39 Å². The number of hydrogen-bond acceptors (Lipinski definition) is 2. The van der Waals surface area contributed by atoms with Crippen molar-refractivity contribution in [2.24, 2.45) is 5.73 Å². The normalized spacial score (nSPS) is 14.8. The van der Waals surface area contributed by atoms with E-state index in [1.165, 1.54) is 6.07 Å². The Morgan fingerprint density at radius 2 is 2.00 bits per heavy atom. The lowest BCUT2D eigenvalue weighted by Gasteiger charge is -2.25. The Bertz CT molecular complexity index is 354. The monoisotopic (exact) mass is 252 g/mol. The van der Waals surface area contributed by atoms with Gasteiger partial charge in [0.25, 0.3) is 0 Å². The first-order valence-electron chi connectivity index (χ1n) is 6.76. The zero-order valence-corrected chi connectivity index (χ0v) is 11.7. The van der Waals surface area contributed by atoms with Crippen molar-refractivity contribution < 1.29 is 4.39 Å². The number of hydrogen-bond donors (Lipinski definition) is 1. The average molecular weight is 252 g/mol. The third-order valence-corrected chi connectivity index (χ3v) is 3.63. The molecule has 0 aromatic heterocycles. The third-order valence-electron chi connectivity index (χ3n) is 3.63. The summed E-state index contributed by atoms with van der Waals surface area (Å²) in [5.74, 6) is -0.123. The largest absolute Gasteiger partial charge is 0.328 e. The van der Waals surface area contributed by atoms with E-state index in [-0.39, 0.29) is 11.9 Å². The first-order valence-corrected chi connectivity index (χ1v) is 6.76. The molecule has 0 amide bonds. The maximum Gasteiger partial charge on any atom is 0.127 e. The number of nitrogens with two attached hydrogens (primary N) is 1. The maximum atomic E-state index is 13.7. The van der Waals surface area contributed by atoms with Crippen molar-refractivity contribution in [3.63, 3.8) is 0 Å². The molecule has 102 valence electrons. The predicted octanol–water partition coefficient (Wildman–Crippen LogP) is 3.34. The maximum absolute atomic E-state index is 13.7. The van der Waals surface area contributed by atoms with Gasteiger partial charge in [-0.1, -0.05) is 25.1 Å². The molecule has 18 heavy (non-hydrogen) atoms.